The molecule has 140 valence electrons. The maximum Gasteiger partial charge on any atom is 0.255 e. The van der Waals surface area contributed by atoms with E-state index >= 15 is 0 Å². The number of nitrogens with one attached hydrogen (secondary N) is 1. The minimum absolute atomic E-state index is 0.0116. The lowest BCUT2D eigenvalue weighted by Gasteiger charge is -2.19. The molecule has 1 aromatic carbocycles. The van der Waals surface area contributed by atoms with Crippen LogP contribution in [-0.2, 0) is 14.8 Å². The molecule has 0 spiro atoms. The lowest BCUT2D eigenvalue weighted by atomic mass is 10.1. The van der Waals surface area contributed by atoms with Crippen LogP contribution < -0.4 is 10.1 Å². The van der Waals surface area contributed by atoms with Crippen LogP contribution in [0.4, 0.5) is 0 Å². The third kappa shape index (κ3) is 4.50. The minimum atomic E-state index is -3.64. The van der Waals surface area contributed by atoms with Gasteiger partial charge in [-0.1, -0.05) is 13.8 Å². The van der Waals surface area contributed by atoms with Crippen LogP contribution in [0.5, 0.6) is 5.75 Å². The number of amides is 1. The molecule has 25 heavy (non-hydrogen) atoms. The predicted molar refractivity (Wildman–Crippen MR) is 94.4 cm³/mol. The number of sulfonamides is 1. The van der Waals surface area contributed by atoms with Crippen LogP contribution in [0.1, 0.15) is 37.0 Å². The molecule has 1 heterocycles. The average molecular weight is 370 g/mol. The zero-order valence-corrected chi connectivity index (χ0v) is 15.8. The number of nitrogens with zero attached hydrogens (tertiary/aromatic N) is 1. The molecular formula is C17H26N2O5S. The van der Waals surface area contributed by atoms with Crippen LogP contribution in [-0.4, -0.2) is 58.1 Å². The first-order valence-electron chi connectivity index (χ1n) is 8.52. The Morgan fingerprint density at radius 3 is 2.64 bits per heavy atom. The normalized spacial score (nSPS) is 17.7. The summed E-state index contributed by atoms with van der Waals surface area (Å²) in [4.78, 5) is 12.6. The van der Waals surface area contributed by atoms with Crippen molar-refractivity contribution in [3.8, 4) is 5.75 Å². The zero-order valence-electron chi connectivity index (χ0n) is 14.9. The van der Waals surface area contributed by atoms with Crippen molar-refractivity contribution < 1.29 is 22.7 Å². The van der Waals surface area contributed by atoms with E-state index in [-0.39, 0.29) is 22.5 Å². The monoisotopic (exact) mass is 370 g/mol. The van der Waals surface area contributed by atoms with Crippen LogP contribution in [0, 0.1) is 0 Å². The number of ether oxygens (including phenoxy) is 2. The highest BCUT2D eigenvalue weighted by molar-refractivity contribution is 7.89. The summed E-state index contributed by atoms with van der Waals surface area (Å²) in [6, 6.07) is 4.35. The summed E-state index contributed by atoms with van der Waals surface area (Å²) in [5.41, 5.74) is 0.203. The van der Waals surface area contributed by atoms with Crippen molar-refractivity contribution in [1.29, 1.82) is 0 Å². The number of hydrogen-bond donors (Lipinski definition) is 1. The molecule has 1 fully saturated rings. The van der Waals surface area contributed by atoms with E-state index in [1.54, 1.807) is 13.8 Å². The predicted octanol–water partition coefficient (Wildman–Crippen LogP) is 1.63. The van der Waals surface area contributed by atoms with E-state index in [0.717, 1.165) is 12.8 Å². The van der Waals surface area contributed by atoms with Gasteiger partial charge in [-0.2, -0.15) is 4.31 Å². The van der Waals surface area contributed by atoms with Crippen LogP contribution >= 0.6 is 0 Å². The molecular weight excluding hydrogens is 344 g/mol. The first kappa shape index (κ1) is 19.7. The molecule has 0 bridgehead atoms. The Morgan fingerprint density at radius 1 is 1.36 bits per heavy atom. The molecule has 0 aromatic heterocycles. The van der Waals surface area contributed by atoms with Gasteiger partial charge in [0.05, 0.1) is 23.7 Å². The third-order valence-corrected chi connectivity index (χ3v) is 6.32. The number of hydrogen-bond acceptors (Lipinski definition) is 5. The van der Waals surface area contributed by atoms with E-state index < -0.39 is 10.0 Å². The molecule has 0 saturated carbocycles. The van der Waals surface area contributed by atoms with Gasteiger partial charge in [-0.25, -0.2) is 8.42 Å². The summed E-state index contributed by atoms with van der Waals surface area (Å²) in [6.45, 7) is 5.40. The van der Waals surface area contributed by atoms with Crippen LogP contribution in [0.3, 0.4) is 0 Å². The van der Waals surface area contributed by atoms with E-state index in [1.165, 1.54) is 29.6 Å². The molecule has 1 N–H and O–H groups in total. The van der Waals surface area contributed by atoms with Crippen LogP contribution in [0.15, 0.2) is 23.1 Å². The number of methoxy groups -OCH3 is 1. The average Bonchev–Trinajstić information content (AvgIpc) is 3.13. The summed E-state index contributed by atoms with van der Waals surface area (Å²) in [6.07, 6.45) is 1.91. The first-order valence-corrected chi connectivity index (χ1v) is 9.96. The van der Waals surface area contributed by atoms with Gasteiger partial charge in [0.25, 0.3) is 5.91 Å². The maximum absolute atomic E-state index is 12.7. The molecule has 0 radical (unpaired) electrons. The first-order chi connectivity index (χ1) is 11.9. The number of carbonyl (C=O) groups is 1. The Labute approximate surface area is 149 Å². The second kappa shape index (κ2) is 8.64. The van der Waals surface area contributed by atoms with Gasteiger partial charge >= 0.3 is 0 Å². The van der Waals surface area contributed by atoms with Crippen molar-refractivity contribution in [1.82, 2.24) is 9.62 Å². The quantitative estimate of drug-likeness (QED) is 0.752. The Bertz CT molecular complexity index is 695. The van der Waals surface area contributed by atoms with E-state index in [1.807, 2.05) is 0 Å². The molecule has 1 unspecified atom stereocenters. The van der Waals surface area contributed by atoms with Crippen LogP contribution in [0.25, 0.3) is 0 Å². The number of rotatable bonds is 8. The highest BCUT2D eigenvalue weighted by Gasteiger charge is 2.25. The lowest BCUT2D eigenvalue weighted by molar-refractivity contribution is 0.0855. The third-order valence-electron chi connectivity index (χ3n) is 4.27. The maximum atomic E-state index is 12.7. The molecule has 2 rings (SSSR count). The van der Waals surface area contributed by atoms with E-state index in [2.05, 4.69) is 5.32 Å². The molecule has 0 aliphatic carbocycles. The van der Waals surface area contributed by atoms with Gasteiger partial charge in [-0.3, -0.25) is 4.79 Å². The van der Waals surface area contributed by atoms with E-state index in [4.69, 9.17) is 9.47 Å². The zero-order chi connectivity index (χ0) is 18.4. The Kier molecular flexibility index (Phi) is 6.80. The van der Waals surface area contributed by atoms with E-state index in [9.17, 15) is 13.2 Å². The topological polar surface area (TPSA) is 84.9 Å². The minimum Gasteiger partial charge on any atom is -0.496 e. The fourth-order valence-corrected chi connectivity index (χ4v) is 4.33. The van der Waals surface area contributed by atoms with Crippen molar-refractivity contribution in [2.45, 2.75) is 37.7 Å². The number of benzene rings is 1. The second-order valence-electron chi connectivity index (χ2n) is 5.80. The fourth-order valence-electron chi connectivity index (χ4n) is 2.84. The van der Waals surface area contributed by atoms with Crippen molar-refractivity contribution in [2.75, 3.05) is 33.4 Å². The molecule has 1 atom stereocenters. The van der Waals surface area contributed by atoms with E-state index in [0.29, 0.717) is 32.0 Å². The van der Waals surface area contributed by atoms with Crippen molar-refractivity contribution in [3.05, 3.63) is 23.8 Å². The highest BCUT2D eigenvalue weighted by Crippen LogP contribution is 2.24. The largest absolute Gasteiger partial charge is 0.496 e. The lowest BCUT2D eigenvalue weighted by Crippen LogP contribution is -2.33. The second-order valence-corrected chi connectivity index (χ2v) is 7.73. The summed E-state index contributed by atoms with van der Waals surface area (Å²) < 4.78 is 37.4. The molecule has 1 aliphatic rings. The molecule has 1 aliphatic heterocycles. The van der Waals surface area contributed by atoms with Crippen molar-refractivity contribution in [3.63, 3.8) is 0 Å². The van der Waals surface area contributed by atoms with Gasteiger partial charge in [0.1, 0.15) is 5.75 Å². The van der Waals surface area contributed by atoms with Gasteiger partial charge in [-0.05, 0) is 31.0 Å². The Hall–Kier alpha value is -1.64. The van der Waals surface area contributed by atoms with Crippen molar-refractivity contribution in [2.24, 2.45) is 0 Å². The van der Waals surface area contributed by atoms with Gasteiger partial charge in [-0.15, -0.1) is 0 Å². The highest BCUT2D eigenvalue weighted by atomic mass is 32.2. The fraction of sp³-hybridized carbons (Fsp3) is 0.588. The summed E-state index contributed by atoms with van der Waals surface area (Å²) in [7, 11) is -2.19. The Balaban J connectivity index is 2.25. The van der Waals surface area contributed by atoms with Crippen molar-refractivity contribution >= 4 is 15.9 Å². The summed E-state index contributed by atoms with van der Waals surface area (Å²) in [5.74, 6) is -0.0349. The van der Waals surface area contributed by atoms with Crippen LogP contribution in [0.2, 0.25) is 0 Å². The Morgan fingerprint density at radius 2 is 2.08 bits per heavy atom. The smallest absolute Gasteiger partial charge is 0.255 e. The molecule has 7 nitrogen and oxygen atoms in total. The molecule has 8 heteroatoms. The van der Waals surface area contributed by atoms with Gasteiger partial charge in [0.15, 0.2) is 0 Å². The summed E-state index contributed by atoms with van der Waals surface area (Å²) >= 11 is 0. The standard InChI is InChI=1S/C17H26N2O5S/c1-4-19(5-2)25(21,22)14-8-9-16(23-3)15(11-14)17(20)18-12-13-7-6-10-24-13/h8-9,11,13H,4-7,10,12H2,1-3H3,(H,18,20). The molecule has 1 aromatic rings. The van der Waals surface area contributed by atoms with Gasteiger partial charge < -0.3 is 14.8 Å². The van der Waals surface area contributed by atoms with Gasteiger partial charge in [0, 0.05) is 26.2 Å². The summed E-state index contributed by atoms with van der Waals surface area (Å²) in [5, 5.41) is 2.80. The van der Waals surface area contributed by atoms with Gasteiger partial charge in [0.2, 0.25) is 10.0 Å². The SMILES string of the molecule is CCN(CC)S(=O)(=O)c1ccc(OC)c(C(=O)NCC2CCCO2)c1. The molecule has 1 saturated heterocycles. The molecule has 1 amide bonds. The number of carbonyl (C=O) groups excluding carboxylic acids is 1.